The van der Waals surface area contributed by atoms with Crippen molar-refractivity contribution in [2.24, 2.45) is 0 Å². The van der Waals surface area contributed by atoms with Gasteiger partial charge in [0.1, 0.15) is 24.0 Å². The minimum absolute atomic E-state index is 0.0535. The molecule has 0 saturated heterocycles. The summed E-state index contributed by atoms with van der Waals surface area (Å²) in [5.74, 6) is 2.48. The Kier molecular flexibility index (Phi) is 5.52. The van der Waals surface area contributed by atoms with Crippen molar-refractivity contribution in [3.63, 3.8) is 0 Å². The molecule has 0 fully saturated rings. The summed E-state index contributed by atoms with van der Waals surface area (Å²) in [4.78, 5) is 12.2. The van der Waals surface area contributed by atoms with Crippen LogP contribution in [0, 0.1) is 20.4 Å². The summed E-state index contributed by atoms with van der Waals surface area (Å²) in [6.07, 6.45) is 1.70. The average Bonchev–Trinajstić information content (AvgIpc) is 3.06. The first-order chi connectivity index (χ1) is 13.0. The van der Waals surface area contributed by atoms with Crippen LogP contribution in [0.15, 0.2) is 36.5 Å². The normalized spacial score (nSPS) is 11.5. The van der Waals surface area contributed by atoms with Crippen LogP contribution in [0.1, 0.15) is 18.3 Å². The van der Waals surface area contributed by atoms with Gasteiger partial charge in [0.15, 0.2) is 5.82 Å². The molecule has 0 radical (unpaired) electrons. The van der Waals surface area contributed by atoms with Gasteiger partial charge in [-0.15, -0.1) is 0 Å². The minimum Gasteiger partial charge on any atom is -0.490 e. The van der Waals surface area contributed by atoms with Gasteiger partial charge >= 0.3 is 0 Å². The van der Waals surface area contributed by atoms with E-state index < -0.39 is 0 Å². The van der Waals surface area contributed by atoms with Gasteiger partial charge in [-0.2, -0.15) is 5.10 Å². The summed E-state index contributed by atoms with van der Waals surface area (Å²) in [5, 5.41) is 13.4. The molecule has 0 saturated carbocycles. The molecule has 8 nitrogen and oxygen atoms in total. The summed E-state index contributed by atoms with van der Waals surface area (Å²) in [6.45, 7) is 13.6. The molecule has 8 heteroatoms. The Balaban J connectivity index is 1.65. The monoisotopic (exact) mass is 363 g/mol. The Morgan fingerprint density at radius 3 is 2.74 bits per heavy atom. The molecular weight excluding hydrogens is 342 g/mol. The molecule has 0 unspecified atom stereocenters. The third-order valence-corrected chi connectivity index (χ3v) is 3.72. The SMILES string of the molecule is [C-]#[N+]c1ccc(Nc2cc(C)[nH]n2)nc1N[C@@H](C)COc1ccc(C)nc1. The van der Waals surface area contributed by atoms with Crippen molar-refractivity contribution in [2.45, 2.75) is 26.8 Å². The smallest absolute Gasteiger partial charge is 0.228 e. The zero-order valence-corrected chi connectivity index (χ0v) is 15.4. The number of nitrogens with one attached hydrogen (secondary N) is 3. The van der Waals surface area contributed by atoms with E-state index in [0.717, 1.165) is 11.4 Å². The number of aryl methyl sites for hydroxylation is 2. The maximum Gasteiger partial charge on any atom is 0.228 e. The predicted molar refractivity (Wildman–Crippen MR) is 105 cm³/mol. The van der Waals surface area contributed by atoms with E-state index in [1.54, 1.807) is 18.3 Å². The second-order valence-electron chi connectivity index (χ2n) is 6.23. The van der Waals surface area contributed by atoms with Crippen molar-refractivity contribution in [2.75, 3.05) is 17.2 Å². The molecule has 0 aliphatic carbocycles. The van der Waals surface area contributed by atoms with E-state index in [2.05, 4.69) is 35.6 Å². The molecule has 0 amide bonds. The molecule has 0 spiro atoms. The molecule has 3 heterocycles. The van der Waals surface area contributed by atoms with Crippen LogP contribution in [0.2, 0.25) is 0 Å². The van der Waals surface area contributed by atoms with Crippen LogP contribution >= 0.6 is 0 Å². The van der Waals surface area contributed by atoms with E-state index in [4.69, 9.17) is 11.3 Å². The molecule has 138 valence electrons. The van der Waals surface area contributed by atoms with E-state index in [9.17, 15) is 0 Å². The first-order valence-corrected chi connectivity index (χ1v) is 8.53. The molecule has 1 atom stereocenters. The Morgan fingerprint density at radius 2 is 2.07 bits per heavy atom. The lowest BCUT2D eigenvalue weighted by Gasteiger charge is -2.17. The van der Waals surface area contributed by atoms with Crippen molar-refractivity contribution in [3.05, 3.63) is 59.3 Å². The van der Waals surface area contributed by atoms with E-state index in [1.165, 1.54) is 0 Å². The number of pyridine rings is 2. The maximum absolute atomic E-state index is 7.35. The minimum atomic E-state index is -0.0535. The quantitative estimate of drug-likeness (QED) is 0.550. The number of hydrogen-bond acceptors (Lipinski definition) is 6. The highest BCUT2D eigenvalue weighted by molar-refractivity contribution is 5.69. The fraction of sp³-hybridized carbons (Fsp3) is 0.263. The Morgan fingerprint density at radius 1 is 1.22 bits per heavy atom. The number of aromatic nitrogens is 4. The Bertz CT molecular complexity index is 943. The number of H-pyrrole nitrogens is 1. The van der Waals surface area contributed by atoms with Crippen LogP contribution in [-0.4, -0.2) is 32.8 Å². The summed E-state index contributed by atoms with van der Waals surface area (Å²) in [6, 6.07) is 9.08. The molecule has 0 bridgehead atoms. The first-order valence-electron chi connectivity index (χ1n) is 8.53. The van der Waals surface area contributed by atoms with Gasteiger partial charge in [-0.3, -0.25) is 10.1 Å². The molecular formula is C19H21N7O. The van der Waals surface area contributed by atoms with Gasteiger partial charge in [-0.25, -0.2) is 9.83 Å². The van der Waals surface area contributed by atoms with E-state index in [0.29, 0.717) is 35.5 Å². The third kappa shape index (κ3) is 4.95. The zero-order valence-electron chi connectivity index (χ0n) is 15.4. The number of rotatable bonds is 7. The fourth-order valence-corrected chi connectivity index (χ4v) is 2.37. The molecule has 27 heavy (non-hydrogen) atoms. The summed E-state index contributed by atoms with van der Waals surface area (Å²) < 4.78 is 5.74. The van der Waals surface area contributed by atoms with Gasteiger partial charge in [0.25, 0.3) is 0 Å². The van der Waals surface area contributed by atoms with Crippen LogP contribution in [0.25, 0.3) is 4.85 Å². The maximum atomic E-state index is 7.35. The van der Waals surface area contributed by atoms with Crippen molar-refractivity contribution < 1.29 is 4.74 Å². The molecule has 0 aromatic carbocycles. The first kappa shape index (κ1) is 18.2. The lowest BCUT2D eigenvalue weighted by molar-refractivity contribution is 0.302. The highest BCUT2D eigenvalue weighted by Gasteiger charge is 2.11. The molecule has 0 aliphatic heterocycles. The van der Waals surface area contributed by atoms with Gasteiger partial charge < -0.3 is 15.4 Å². The van der Waals surface area contributed by atoms with Crippen LogP contribution in [-0.2, 0) is 0 Å². The second kappa shape index (κ2) is 8.19. The molecule has 0 aliphatic rings. The van der Waals surface area contributed by atoms with Gasteiger partial charge in [-0.05, 0) is 45.0 Å². The predicted octanol–water partition coefficient (Wildman–Crippen LogP) is 3.99. The molecule has 3 aromatic rings. The second-order valence-corrected chi connectivity index (χ2v) is 6.23. The standard InChI is InChI=1S/C19H21N7O/c1-12-5-6-15(10-21-12)27-11-14(3)22-19-16(20-4)7-8-17(24-19)23-18-9-13(2)25-26-18/h5-10,14H,11H2,1-3H3,(H3,22,23,24,25,26)/t14-/m0/s1. The Hall–Kier alpha value is -3.60. The van der Waals surface area contributed by atoms with Crippen LogP contribution in [0.3, 0.4) is 0 Å². The fourth-order valence-electron chi connectivity index (χ4n) is 2.37. The van der Waals surface area contributed by atoms with E-state index in [1.807, 2.05) is 39.0 Å². The van der Waals surface area contributed by atoms with Gasteiger partial charge in [0.2, 0.25) is 5.69 Å². The van der Waals surface area contributed by atoms with Crippen molar-refractivity contribution in [1.29, 1.82) is 0 Å². The van der Waals surface area contributed by atoms with Crippen LogP contribution in [0.4, 0.5) is 23.1 Å². The van der Waals surface area contributed by atoms with Crippen molar-refractivity contribution >= 4 is 23.1 Å². The zero-order chi connectivity index (χ0) is 19.2. The van der Waals surface area contributed by atoms with Crippen LogP contribution < -0.4 is 15.4 Å². The topological polar surface area (TPSA) is 92.1 Å². The number of aromatic amines is 1. The van der Waals surface area contributed by atoms with Gasteiger partial charge in [0.05, 0.1) is 18.8 Å². The molecule has 3 aromatic heterocycles. The summed E-state index contributed by atoms with van der Waals surface area (Å²) in [5.41, 5.74) is 2.34. The van der Waals surface area contributed by atoms with Gasteiger partial charge in [0, 0.05) is 17.5 Å². The number of anilines is 3. The lowest BCUT2D eigenvalue weighted by Crippen LogP contribution is -2.24. The summed E-state index contributed by atoms with van der Waals surface area (Å²) in [7, 11) is 0. The highest BCUT2D eigenvalue weighted by atomic mass is 16.5. The lowest BCUT2D eigenvalue weighted by atomic mass is 10.3. The number of ether oxygens (including phenoxy) is 1. The Labute approximate surface area is 157 Å². The average molecular weight is 363 g/mol. The van der Waals surface area contributed by atoms with Crippen molar-refractivity contribution in [1.82, 2.24) is 20.2 Å². The third-order valence-electron chi connectivity index (χ3n) is 3.72. The van der Waals surface area contributed by atoms with E-state index >= 15 is 0 Å². The summed E-state index contributed by atoms with van der Waals surface area (Å²) >= 11 is 0. The molecule has 3 rings (SSSR count). The molecule has 3 N–H and O–H groups in total. The van der Waals surface area contributed by atoms with E-state index in [-0.39, 0.29) is 6.04 Å². The largest absolute Gasteiger partial charge is 0.490 e. The number of nitrogens with zero attached hydrogens (tertiary/aromatic N) is 4. The van der Waals surface area contributed by atoms with Crippen LogP contribution in [0.5, 0.6) is 5.75 Å². The van der Waals surface area contributed by atoms with Gasteiger partial charge in [-0.1, -0.05) is 0 Å². The van der Waals surface area contributed by atoms with Crippen molar-refractivity contribution in [3.8, 4) is 5.75 Å². The highest BCUT2D eigenvalue weighted by Crippen LogP contribution is 2.26. The number of hydrogen-bond donors (Lipinski definition) is 3.